The molecule has 17 heavy (non-hydrogen) atoms. The second-order valence-electron chi connectivity index (χ2n) is 3.43. The minimum Gasteiger partial charge on any atom is -0.258 e. The van der Waals surface area contributed by atoms with Crippen LogP contribution < -0.4 is 0 Å². The summed E-state index contributed by atoms with van der Waals surface area (Å²) in [5.41, 5.74) is 0.840. The van der Waals surface area contributed by atoms with Crippen molar-refractivity contribution in [3.63, 3.8) is 0 Å². The molecular formula is C12H7BrFNO2. The largest absolute Gasteiger partial charge is 0.278 e. The maximum atomic E-state index is 13.1. The first-order valence-corrected chi connectivity index (χ1v) is 5.57. The van der Waals surface area contributed by atoms with Crippen LogP contribution in [0, 0.1) is 15.9 Å². The minimum absolute atomic E-state index is 0.0509. The van der Waals surface area contributed by atoms with Gasteiger partial charge in [-0.15, -0.1) is 0 Å². The smallest absolute Gasteiger partial charge is 0.258 e. The Bertz CT molecular complexity index is 586. The number of benzene rings is 2. The summed E-state index contributed by atoms with van der Waals surface area (Å²) in [7, 11) is 0. The molecule has 0 fully saturated rings. The van der Waals surface area contributed by atoms with Crippen molar-refractivity contribution in [2.75, 3.05) is 0 Å². The average molecular weight is 296 g/mol. The fraction of sp³-hybridized carbons (Fsp3) is 0. The Kier molecular flexibility index (Phi) is 3.19. The zero-order valence-electron chi connectivity index (χ0n) is 8.56. The van der Waals surface area contributed by atoms with Crippen molar-refractivity contribution in [1.82, 2.24) is 0 Å². The molecule has 0 aliphatic heterocycles. The third kappa shape index (κ3) is 2.50. The lowest BCUT2D eigenvalue weighted by atomic mass is 10.0. The molecule has 0 spiro atoms. The number of hydrogen-bond donors (Lipinski definition) is 0. The number of halogens is 2. The predicted molar refractivity (Wildman–Crippen MR) is 66.2 cm³/mol. The van der Waals surface area contributed by atoms with Gasteiger partial charge < -0.3 is 0 Å². The Morgan fingerprint density at radius 3 is 2.59 bits per heavy atom. The van der Waals surface area contributed by atoms with E-state index in [0.29, 0.717) is 15.6 Å². The van der Waals surface area contributed by atoms with Crippen molar-refractivity contribution in [3.8, 4) is 11.1 Å². The molecule has 2 rings (SSSR count). The van der Waals surface area contributed by atoms with Gasteiger partial charge in [-0.2, -0.15) is 0 Å². The maximum absolute atomic E-state index is 13.1. The Morgan fingerprint density at radius 2 is 1.94 bits per heavy atom. The Labute approximate surface area is 105 Å². The molecule has 0 bridgehead atoms. The van der Waals surface area contributed by atoms with E-state index < -0.39 is 10.7 Å². The van der Waals surface area contributed by atoms with Gasteiger partial charge in [-0.1, -0.05) is 28.1 Å². The second-order valence-corrected chi connectivity index (χ2v) is 4.34. The fourth-order valence-electron chi connectivity index (χ4n) is 1.56. The maximum Gasteiger partial charge on any atom is 0.278 e. The fourth-order valence-corrected chi connectivity index (χ4v) is 1.90. The van der Waals surface area contributed by atoms with E-state index in [9.17, 15) is 14.5 Å². The Hall–Kier alpha value is -1.75. The summed E-state index contributed by atoms with van der Waals surface area (Å²) >= 11 is 3.17. The van der Waals surface area contributed by atoms with Gasteiger partial charge in [-0.25, -0.2) is 4.39 Å². The third-order valence-corrected chi connectivity index (χ3v) is 2.79. The first kappa shape index (κ1) is 11.7. The van der Waals surface area contributed by atoms with Gasteiger partial charge in [0.05, 0.1) is 10.5 Å². The summed E-state index contributed by atoms with van der Waals surface area (Å²) in [6.45, 7) is 0. The van der Waals surface area contributed by atoms with Crippen LogP contribution in [0.15, 0.2) is 46.9 Å². The Morgan fingerprint density at radius 1 is 1.18 bits per heavy atom. The van der Waals surface area contributed by atoms with Gasteiger partial charge in [0.2, 0.25) is 0 Å². The molecule has 0 N–H and O–H groups in total. The average Bonchev–Trinajstić information content (AvgIpc) is 2.28. The van der Waals surface area contributed by atoms with Gasteiger partial charge >= 0.3 is 0 Å². The molecule has 0 unspecified atom stereocenters. The molecule has 3 nitrogen and oxygen atoms in total. The highest BCUT2D eigenvalue weighted by atomic mass is 79.9. The molecular weight excluding hydrogens is 289 g/mol. The number of nitro groups is 1. The molecule has 0 saturated carbocycles. The number of hydrogen-bond acceptors (Lipinski definition) is 2. The van der Waals surface area contributed by atoms with Crippen molar-refractivity contribution in [1.29, 1.82) is 0 Å². The van der Waals surface area contributed by atoms with E-state index in [-0.39, 0.29) is 5.69 Å². The van der Waals surface area contributed by atoms with Crippen LogP contribution in [-0.2, 0) is 0 Å². The predicted octanol–water partition coefficient (Wildman–Crippen LogP) is 4.16. The number of rotatable bonds is 2. The molecule has 0 atom stereocenters. The van der Waals surface area contributed by atoms with E-state index in [1.54, 1.807) is 18.2 Å². The van der Waals surface area contributed by atoms with Crippen molar-refractivity contribution in [2.45, 2.75) is 0 Å². The summed E-state index contributed by atoms with van der Waals surface area (Å²) in [6, 6.07) is 10.4. The molecule has 0 saturated heterocycles. The monoisotopic (exact) mass is 295 g/mol. The van der Waals surface area contributed by atoms with E-state index >= 15 is 0 Å². The van der Waals surface area contributed by atoms with Gasteiger partial charge in [0.15, 0.2) is 0 Å². The highest BCUT2D eigenvalue weighted by Crippen LogP contribution is 2.32. The third-order valence-electron chi connectivity index (χ3n) is 2.29. The summed E-state index contributed by atoms with van der Waals surface area (Å²) in [5.74, 6) is -0.417. The lowest BCUT2D eigenvalue weighted by Gasteiger charge is -2.03. The van der Waals surface area contributed by atoms with Crippen LogP contribution in [0.4, 0.5) is 10.1 Å². The number of nitro benzene ring substituents is 1. The molecule has 0 amide bonds. The van der Waals surface area contributed by atoms with Gasteiger partial charge in [-0.05, 0) is 29.8 Å². The molecule has 5 heteroatoms. The highest BCUT2D eigenvalue weighted by molar-refractivity contribution is 9.10. The van der Waals surface area contributed by atoms with Crippen molar-refractivity contribution >= 4 is 21.6 Å². The van der Waals surface area contributed by atoms with Crippen LogP contribution in [0.1, 0.15) is 0 Å². The lowest BCUT2D eigenvalue weighted by molar-refractivity contribution is -0.384. The SMILES string of the molecule is O=[N+]([O-])c1cc(Br)ccc1-c1cccc(F)c1. The van der Waals surface area contributed by atoms with E-state index in [1.807, 2.05) is 0 Å². The molecule has 0 aliphatic carbocycles. The van der Waals surface area contributed by atoms with Gasteiger partial charge in [0.1, 0.15) is 5.82 Å². The van der Waals surface area contributed by atoms with E-state index in [2.05, 4.69) is 15.9 Å². The van der Waals surface area contributed by atoms with Crippen LogP contribution >= 0.6 is 15.9 Å². The second kappa shape index (κ2) is 4.63. The summed E-state index contributed by atoms with van der Waals surface area (Å²) in [4.78, 5) is 10.4. The van der Waals surface area contributed by atoms with Crippen molar-refractivity contribution in [3.05, 3.63) is 62.9 Å². The normalized spacial score (nSPS) is 10.2. The summed E-state index contributed by atoms with van der Waals surface area (Å²) in [5, 5.41) is 10.9. The topological polar surface area (TPSA) is 43.1 Å². The Balaban J connectivity index is 2.63. The number of nitrogens with zero attached hydrogens (tertiary/aromatic N) is 1. The summed E-state index contributed by atoms with van der Waals surface area (Å²) in [6.07, 6.45) is 0. The zero-order chi connectivity index (χ0) is 12.4. The van der Waals surface area contributed by atoms with Crippen LogP contribution in [0.2, 0.25) is 0 Å². The van der Waals surface area contributed by atoms with Gasteiger partial charge in [-0.3, -0.25) is 10.1 Å². The van der Waals surface area contributed by atoms with Crippen LogP contribution in [0.25, 0.3) is 11.1 Å². The van der Waals surface area contributed by atoms with Gasteiger partial charge in [0, 0.05) is 10.5 Å². The molecule has 0 heterocycles. The van der Waals surface area contributed by atoms with Crippen LogP contribution in [-0.4, -0.2) is 4.92 Å². The van der Waals surface area contributed by atoms with Crippen molar-refractivity contribution < 1.29 is 9.31 Å². The molecule has 0 radical (unpaired) electrons. The minimum atomic E-state index is -0.481. The van der Waals surface area contributed by atoms with Crippen LogP contribution in [0.3, 0.4) is 0 Å². The standard InChI is InChI=1S/C12H7BrFNO2/c13-9-4-5-11(12(7-9)15(16)17)8-2-1-3-10(14)6-8/h1-7H. The molecule has 2 aromatic carbocycles. The quantitative estimate of drug-likeness (QED) is 0.617. The first-order valence-electron chi connectivity index (χ1n) is 4.78. The van der Waals surface area contributed by atoms with E-state index in [4.69, 9.17) is 0 Å². The van der Waals surface area contributed by atoms with E-state index in [1.165, 1.54) is 24.3 Å². The van der Waals surface area contributed by atoms with Crippen LogP contribution in [0.5, 0.6) is 0 Å². The highest BCUT2D eigenvalue weighted by Gasteiger charge is 2.15. The van der Waals surface area contributed by atoms with Crippen molar-refractivity contribution in [2.24, 2.45) is 0 Å². The first-order chi connectivity index (χ1) is 8.08. The molecule has 0 aromatic heterocycles. The van der Waals surface area contributed by atoms with Gasteiger partial charge in [0.25, 0.3) is 5.69 Å². The lowest BCUT2D eigenvalue weighted by Crippen LogP contribution is -1.92. The molecule has 86 valence electrons. The molecule has 2 aromatic rings. The zero-order valence-corrected chi connectivity index (χ0v) is 10.1. The summed E-state index contributed by atoms with van der Waals surface area (Å²) < 4.78 is 13.7. The molecule has 0 aliphatic rings. The van der Waals surface area contributed by atoms with E-state index in [0.717, 1.165) is 0 Å².